The summed E-state index contributed by atoms with van der Waals surface area (Å²) in [6, 6.07) is 11.5. The first-order valence-electron chi connectivity index (χ1n) is 17.6. The van der Waals surface area contributed by atoms with E-state index in [1.54, 1.807) is 13.0 Å². The van der Waals surface area contributed by atoms with Gasteiger partial charge >= 0.3 is 0 Å². The number of hydrazone groups is 1. The monoisotopic (exact) mass is 754 g/mol. The number of carbonyl (C=O) groups is 1. The number of ether oxygens (including phenoxy) is 1. The second-order valence-corrected chi connectivity index (χ2v) is 14.8. The molecule has 1 aliphatic rings. The lowest BCUT2D eigenvalue weighted by Gasteiger charge is -2.34. The summed E-state index contributed by atoms with van der Waals surface area (Å²) >= 11 is 13.5. The highest BCUT2D eigenvalue weighted by Gasteiger charge is 2.38. The summed E-state index contributed by atoms with van der Waals surface area (Å²) < 4.78 is 12.3. The molecule has 0 radical (unpaired) electrons. The van der Waals surface area contributed by atoms with Crippen molar-refractivity contribution in [1.29, 1.82) is 0 Å². The molecular formula is C39H44Cl2N10O2. The molecule has 1 amide bonds. The van der Waals surface area contributed by atoms with Gasteiger partial charge in [0.15, 0.2) is 5.82 Å². The van der Waals surface area contributed by atoms with Gasteiger partial charge in [-0.1, -0.05) is 29.3 Å². The first kappa shape index (κ1) is 36.3. The molecule has 7 rings (SSSR count). The Bertz CT molecular complexity index is 2450. The first-order valence-corrected chi connectivity index (χ1v) is 18.3. The van der Waals surface area contributed by atoms with Crippen LogP contribution in [0.5, 0.6) is 5.75 Å². The third kappa shape index (κ3) is 6.18. The van der Waals surface area contributed by atoms with Crippen LogP contribution in [-0.4, -0.2) is 48.8 Å². The molecule has 0 spiro atoms. The van der Waals surface area contributed by atoms with Crippen LogP contribution in [0.1, 0.15) is 64.9 Å². The lowest BCUT2D eigenvalue weighted by molar-refractivity contribution is 0.0957. The van der Waals surface area contributed by atoms with Gasteiger partial charge in [0, 0.05) is 60.1 Å². The number of carbonyl (C=O) groups excluding carboxylic acids is 1. The van der Waals surface area contributed by atoms with Crippen LogP contribution in [0.15, 0.2) is 47.7 Å². The summed E-state index contributed by atoms with van der Waals surface area (Å²) in [5.74, 6) is 7.53. The number of aryl methyl sites for hydroxylation is 6. The number of amidine groups is 1. The van der Waals surface area contributed by atoms with Crippen molar-refractivity contribution in [1.82, 2.24) is 23.9 Å². The second-order valence-electron chi connectivity index (χ2n) is 14.0. The molecule has 0 bridgehead atoms. The van der Waals surface area contributed by atoms with Crippen LogP contribution in [0.2, 0.25) is 10.0 Å². The Hall–Kier alpha value is -5.04. The fraction of sp³-hybridized carbons (Fsp3) is 0.333. The number of amides is 1. The Labute approximate surface area is 318 Å². The summed E-state index contributed by atoms with van der Waals surface area (Å²) in [5.41, 5.74) is 16.1. The zero-order chi connectivity index (χ0) is 38.0. The number of anilines is 2. The van der Waals surface area contributed by atoms with Crippen molar-refractivity contribution < 1.29 is 9.53 Å². The van der Waals surface area contributed by atoms with Gasteiger partial charge in [0.2, 0.25) is 0 Å². The van der Waals surface area contributed by atoms with E-state index in [2.05, 4.69) is 16.6 Å². The fourth-order valence-electron chi connectivity index (χ4n) is 7.71. The molecule has 0 unspecified atom stereocenters. The average Bonchev–Trinajstić information content (AvgIpc) is 3.70. The van der Waals surface area contributed by atoms with Crippen molar-refractivity contribution in [3.05, 3.63) is 86.4 Å². The fourth-order valence-corrected chi connectivity index (χ4v) is 8.07. The number of hydrogen-bond donors (Lipinski definition) is 2. The minimum Gasteiger partial charge on any atom is -0.494 e. The molecule has 53 heavy (non-hydrogen) atoms. The minimum atomic E-state index is -0.126. The van der Waals surface area contributed by atoms with Gasteiger partial charge in [0.1, 0.15) is 22.8 Å². The van der Waals surface area contributed by atoms with Gasteiger partial charge in [-0.2, -0.15) is 10.2 Å². The molecule has 1 atom stereocenters. The number of halogens is 2. The quantitative estimate of drug-likeness (QED) is 0.0508. The third-order valence-corrected chi connectivity index (χ3v) is 11.1. The second kappa shape index (κ2) is 13.7. The van der Waals surface area contributed by atoms with Crippen molar-refractivity contribution in [3.8, 4) is 16.9 Å². The highest BCUT2D eigenvalue weighted by atomic mass is 35.5. The van der Waals surface area contributed by atoms with Crippen LogP contribution in [0.25, 0.3) is 33.1 Å². The van der Waals surface area contributed by atoms with Gasteiger partial charge in [-0.15, -0.1) is 5.10 Å². The predicted molar refractivity (Wildman–Crippen MR) is 214 cm³/mol. The molecule has 14 heteroatoms. The van der Waals surface area contributed by atoms with E-state index in [1.807, 2.05) is 92.5 Å². The molecule has 0 aliphatic carbocycles. The molecule has 4 N–H and O–H groups in total. The van der Waals surface area contributed by atoms with Crippen LogP contribution in [0, 0.1) is 27.7 Å². The molecule has 0 saturated carbocycles. The van der Waals surface area contributed by atoms with Crippen molar-refractivity contribution in [3.63, 3.8) is 0 Å². The van der Waals surface area contributed by atoms with E-state index in [9.17, 15) is 0 Å². The number of aromatic nitrogens is 5. The van der Waals surface area contributed by atoms with Crippen LogP contribution < -0.4 is 26.3 Å². The Kier molecular flexibility index (Phi) is 9.42. The number of hydrogen-bond acceptors (Lipinski definition) is 7. The maximum Gasteiger partial charge on any atom is 0.275 e. The van der Waals surface area contributed by atoms with Crippen molar-refractivity contribution in [2.75, 3.05) is 23.2 Å². The number of pyridine rings is 1. The van der Waals surface area contributed by atoms with E-state index < -0.39 is 0 Å². The zero-order valence-electron chi connectivity index (χ0n) is 31.3. The SMILES string of the molecule is C/C(N)=N/N(N)c1ccc2c(n1)c(N1C[C@@H](C)n3c(c(CCCOc4cc(C)c(Cl)c(C)c4)c4ccc(Cl)c(-c5c(C)nn(C)c5C)c43)C1=O)cn2C. The largest absolute Gasteiger partial charge is 0.494 e. The number of nitrogens with two attached hydrogens (primary N) is 2. The van der Waals surface area contributed by atoms with Gasteiger partial charge in [-0.05, 0) is 101 Å². The minimum absolute atomic E-state index is 0.124. The van der Waals surface area contributed by atoms with Crippen LogP contribution in [0.4, 0.5) is 11.5 Å². The van der Waals surface area contributed by atoms with E-state index >= 15 is 4.79 Å². The van der Waals surface area contributed by atoms with Crippen molar-refractivity contribution in [2.24, 2.45) is 30.8 Å². The summed E-state index contributed by atoms with van der Waals surface area (Å²) in [6.45, 7) is 12.6. The van der Waals surface area contributed by atoms with Crippen molar-refractivity contribution in [2.45, 2.75) is 60.4 Å². The van der Waals surface area contributed by atoms with E-state index in [0.29, 0.717) is 59.6 Å². The standard InChI is InChI=1S/C39H44Cl2N10O2/c1-20-16-26(17-21(2)35(20)41)53-15-9-10-27-28-11-12-29(40)34(33-23(4)45-48(8)24(33)5)37(28)50-22(3)18-49(39(52)38(27)50)31-19-47(7)30-13-14-32(44-36(30)31)51(43)46-25(6)42/h11-14,16-17,19,22H,9-10,15,18,43H2,1-8H3,(H2,42,46)/t22-/m1/s1. The summed E-state index contributed by atoms with van der Waals surface area (Å²) in [6.07, 6.45) is 3.21. The van der Waals surface area contributed by atoms with E-state index in [1.165, 1.54) is 0 Å². The maximum absolute atomic E-state index is 15.1. The topological polar surface area (TPSA) is 138 Å². The van der Waals surface area contributed by atoms with Gasteiger partial charge in [-0.3, -0.25) is 9.48 Å². The lowest BCUT2D eigenvalue weighted by Crippen LogP contribution is -2.42. The number of fused-ring (bicyclic) bond motifs is 4. The normalized spacial score (nSPS) is 14.8. The number of benzene rings is 2. The summed E-state index contributed by atoms with van der Waals surface area (Å²) in [5, 5.41) is 12.3. The molecule has 6 aromatic rings. The lowest BCUT2D eigenvalue weighted by atomic mass is 9.98. The Morgan fingerprint density at radius 2 is 1.79 bits per heavy atom. The maximum atomic E-state index is 15.1. The first-order chi connectivity index (χ1) is 25.2. The van der Waals surface area contributed by atoms with E-state index in [-0.39, 0.29) is 11.9 Å². The molecular weight excluding hydrogens is 711 g/mol. The predicted octanol–water partition coefficient (Wildman–Crippen LogP) is 7.67. The van der Waals surface area contributed by atoms with Crippen LogP contribution in [-0.2, 0) is 20.5 Å². The smallest absolute Gasteiger partial charge is 0.275 e. The summed E-state index contributed by atoms with van der Waals surface area (Å²) in [7, 11) is 3.87. The Morgan fingerprint density at radius 3 is 2.45 bits per heavy atom. The molecule has 0 fully saturated rings. The number of hydrazine groups is 1. The van der Waals surface area contributed by atoms with E-state index in [0.717, 1.165) is 71.5 Å². The Balaban J connectivity index is 1.37. The summed E-state index contributed by atoms with van der Waals surface area (Å²) in [4.78, 5) is 21.8. The average molecular weight is 756 g/mol. The molecule has 4 aromatic heterocycles. The molecule has 276 valence electrons. The van der Waals surface area contributed by atoms with Crippen LogP contribution >= 0.6 is 23.2 Å². The molecule has 2 aromatic carbocycles. The van der Waals surface area contributed by atoms with Crippen LogP contribution in [0.3, 0.4) is 0 Å². The highest BCUT2D eigenvalue weighted by molar-refractivity contribution is 6.35. The number of rotatable bonds is 9. The molecule has 5 heterocycles. The highest BCUT2D eigenvalue weighted by Crippen LogP contribution is 2.45. The zero-order valence-corrected chi connectivity index (χ0v) is 32.8. The molecule has 0 saturated heterocycles. The van der Waals surface area contributed by atoms with Gasteiger partial charge < -0.3 is 24.5 Å². The molecule has 12 nitrogen and oxygen atoms in total. The van der Waals surface area contributed by atoms with E-state index in [4.69, 9.17) is 49.6 Å². The van der Waals surface area contributed by atoms with Crippen molar-refractivity contribution >= 4 is 68.4 Å². The Morgan fingerprint density at radius 1 is 1.08 bits per heavy atom. The van der Waals surface area contributed by atoms with Gasteiger partial charge in [-0.25, -0.2) is 10.8 Å². The third-order valence-electron chi connectivity index (χ3n) is 10.2. The number of nitrogens with zero attached hydrogens (tertiary/aromatic N) is 8. The molecule has 1 aliphatic heterocycles. The van der Waals surface area contributed by atoms with Gasteiger partial charge in [0.05, 0.1) is 34.0 Å². The van der Waals surface area contributed by atoms with Gasteiger partial charge in [0.25, 0.3) is 5.91 Å².